The van der Waals surface area contributed by atoms with E-state index in [0.717, 1.165) is 6.08 Å². The molecular weight excluding hydrogens is 282 g/mol. The van der Waals surface area contributed by atoms with Crippen LogP contribution in [0.4, 0.5) is 5.69 Å². The molecule has 0 aromatic heterocycles. The van der Waals surface area contributed by atoms with Crippen molar-refractivity contribution in [2.24, 2.45) is 0 Å². The lowest BCUT2D eigenvalue weighted by Crippen LogP contribution is -2.07. The molecule has 0 saturated carbocycles. The highest BCUT2D eigenvalue weighted by Crippen LogP contribution is 2.34. The average Bonchev–Trinajstić information content (AvgIpc) is 2.47. The summed E-state index contributed by atoms with van der Waals surface area (Å²) in [6, 6.07) is 11.4. The minimum atomic E-state index is -1.13. The van der Waals surface area contributed by atoms with Crippen LogP contribution in [-0.2, 0) is 4.79 Å². The number of carboxylic acids is 1. The number of anilines is 1. The normalized spacial score (nSPS) is 11.2. The fourth-order valence-corrected chi connectivity index (χ4v) is 2.16. The Morgan fingerprint density at radius 3 is 2.32 bits per heavy atom. The molecule has 2 aromatic rings. The van der Waals surface area contributed by atoms with Gasteiger partial charge in [0.15, 0.2) is 5.78 Å². The number of carboxylic acid groups (broad SMARTS) is 1. The molecular formula is C17H15NO4. The smallest absolute Gasteiger partial charge is 0.328 e. The van der Waals surface area contributed by atoms with E-state index in [9.17, 15) is 14.7 Å². The zero-order chi connectivity index (χ0) is 16.3. The van der Waals surface area contributed by atoms with Crippen molar-refractivity contribution in [2.75, 3.05) is 5.73 Å². The fraction of sp³-hybridized carbons (Fsp3) is 0.0588. The second-order valence-electron chi connectivity index (χ2n) is 4.79. The van der Waals surface area contributed by atoms with Crippen LogP contribution < -0.4 is 5.73 Å². The maximum atomic E-state index is 12.5. The maximum Gasteiger partial charge on any atom is 0.328 e. The van der Waals surface area contributed by atoms with Crippen LogP contribution in [0.3, 0.4) is 0 Å². The standard InChI is InChI=1S/C17H15NO4/c1-10(9-14(19)20)12-7-8-13(18)15(17(12)22)16(21)11-5-3-2-4-6-11/h2-9,22H,18H2,1H3,(H,19,20)/b10-9+. The van der Waals surface area contributed by atoms with Gasteiger partial charge in [-0.25, -0.2) is 4.79 Å². The zero-order valence-electron chi connectivity index (χ0n) is 11.9. The summed E-state index contributed by atoms with van der Waals surface area (Å²) >= 11 is 0. The van der Waals surface area contributed by atoms with Crippen molar-refractivity contribution in [3.63, 3.8) is 0 Å². The van der Waals surface area contributed by atoms with Crippen LogP contribution in [-0.4, -0.2) is 22.0 Å². The highest BCUT2D eigenvalue weighted by atomic mass is 16.4. The van der Waals surface area contributed by atoms with Gasteiger partial charge in [0.2, 0.25) is 0 Å². The second-order valence-corrected chi connectivity index (χ2v) is 4.79. The Hall–Kier alpha value is -3.08. The minimum absolute atomic E-state index is 0.0261. The maximum absolute atomic E-state index is 12.5. The van der Waals surface area contributed by atoms with Crippen molar-refractivity contribution in [3.05, 3.63) is 65.2 Å². The summed E-state index contributed by atoms with van der Waals surface area (Å²) in [6.07, 6.45) is 0.960. The van der Waals surface area contributed by atoms with Gasteiger partial charge in [0.05, 0.1) is 5.56 Å². The number of aliphatic carboxylic acids is 1. The number of carbonyl (C=O) groups is 2. The zero-order valence-corrected chi connectivity index (χ0v) is 11.9. The van der Waals surface area contributed by atoms with Crippen LogP contribution >= 0.6 is 0 Å². The lowest BCUT2D eigenvalue weighted by molar-refractivity contribution is -0.131. The number of benzene rings is 2. The van der Waals surface area contributed by atoms with Gasteiger partial charge in [-0.05, 0) is 24.6 Å². The molecule has 0 unspecified atom stereocenters. The molecule has 0 heterocycles. The van der Waals surface area contributed by atoms with Gasteiger partial charge >= 0.3 is 5.97 Å². The average molecular weight is 297 g/mol. The third-order valence-electron chi connectivity index (χ3n) is 3.24. The fourth-order valence-electron chi connectivity index (χ4n) is 2.16. The van der Waals surface area contributed by atoms with Crippen LogP contribution in [0, 0.1) is 0 Å². The molecule has 0 aliphatic rings. The summed E-state index contributed by atoms with van der Waals surface area (Å²) in [5.41, 5.74) is 6.90. The lowest BCUT2D eigenvalue weighted by atomic mass is 9.95. The van der Waals surface area contributed by atoms with Gasteiger partial charge in [0.25, 0.3) is 0 Å². The first-order valence-electron chi connectivity index (χ1n) is 6.54. The quantitative estimate of drug-likeness (QED) is 0.457. The topological polar surface area (TPSA) is 101 Å². The Morgan fingerprint density at radius 2 is 1.73 bits per heavy atom. The van der Waals surface area contributed by atoms with Crippen molar-refractivity contribution in [3.8, 4) is 5.75 Å². The van der Waals surface area contributed by atoms with E-state index >= 15 is 0 Å². The van der Waals surface area contributed by atoms with Crippen LogP contribution in [0.25, 0.3) is 5.57 Å². The van der Waals surface area contributed by atoms with E-state index in [1.54, 1.807) is 30.3 Å². The molecule has 5 heteroatoms. The van der Waals surface area contributed by atoms with Gasteiger partial charge in [-0.15, -0.1) is 0 Å². The van der Waals surface area contributed by atoms with Crippen LogP contribution in [0.15, 0.2) is 48.5 Å². The van der Waals surface area contributed by atoms with Gasteiger partial charge in [-0.1, -0.05) is 30.3 Å². The largest absolute Gasteiger partial charge is 0.506 e. The van der Waals surface area contributed by atoms with Gasteiger partial charge < -0.3 is 15.9 Å². The molecule has 22 heavy (non-hydrogen) atoms. The number of nitrogen functional groups attached to an aromatic ring is 1. The lowest BCUT2D eigenvalue weighted by Gasteiger charge is -2.12. The van der Waals surface area contributed by atoms with Gasteiger partial charge in [0.1, 0.15) is 5.75 Å². The molecule has 2 aromatic carbocycles. The molecule has 5 nitrogen and oxygen atoms in total. The number of aromatic hydroxyl groups is 1. The van der Waals surface area contributed by atoms with Crippen molar-refractivity contribution in [1.29, 1.82) is 0 Å². The Balaban J connectivity index is 2.58. The number of phenolic OH excluding ortho intramolecular Hbond substituents is 1. The number of allylic oxidation sites excluding steroid dienone is 1. The number of hydrogen-bond donors (Lipinski definition) is 3. The van der Waals surface area contributed by atoms with E-state index in [2.05, 4.69) is 0 Å². The van der Waals surface area contributed by atoms with Crippen molar-refractivity contribution >= 4 is 23.0 Å². The predicted molar refractivity (Wildman–Crippen MR) is 83.7 cm³/mol. The Morgan fingerprint density at radius 1 is 1.09 bits per heavy atom. The van der Waals surface area contributed by atoms with E-state index in [-0.39, 0.29) is 22.6 Å². The number of nitrogens with two attached hydrogens (primary N) is 1. The summed E-state index contributed by atoms with van der Waals surface area (Å²) in [4.78, 5) is 23.3. The molecule has 0 spiro atoms. The summed E-state index contributed by atoms with van der Waals surface area (Å²) in [6.45, 7) is 1.54. The molecule has 0 fully saturated rings. The van der Waals surface area contributed by atoms with Crippen LogP contribution in [0.1, 0.15) is 28.4 Å². The third kappa shape index (κ3) is 2.98. The summed E-state index contributed by atoms with van der Waals surface area (Å²) in [5.74, 6) is -1.87. The van der Waals surface area contributed by atoms with E-state index in [0.29, 0.717) is 11.1 Å². The molecule has 0 atom stereocenters. The van der Waals surface area contributed by atoms with E-state index < -0.39 is 11.8 Å². The van der Waals surface area contributed by atoms with Gasteiger partial charge in [-0.3, -0.25) is 4.79 Å². The Labute approximate surface area is 127 Å². The number of ketones is 1. The summed E-state index contributed by atoms with van der Waals surface area (Å²) < 4.78 is 0. The monoisotopic (exact) mass is 297 g/mol. The Kier molecular flexibility index (Phi) is 4.27. The number of rotatable bonds is 4. The molecule has 112 valence electrons. The van der Waals surface area contributed by atoms with E-state index in [1.807, 2.05) is 0 Å². The van der Waals surface area contributed by atoms with Crippen molar-refractivity contribution in [2.45, 2.75) is 6.92 Å². The SMILES string of the molecule is C/C(=C\C(=O)O)c1ccc(N)c(C(=O)c2ccccc2)c1O. The molecule has 0 aliphatic heterocycles. The first-order chi connectivity index (χ1) is 10.4. The first kappa shape index (κ1) is 15.3. The first-order valence-corrected chi connectivity index (χ1v) is 6.54. The van der Waals surface area contributed by atoms with Crippen LogP contribution in [0.5, 0.6) is 5.75 Å². The summed E-state index contributed by atoms with van der Waals surface area (Å²) in [7, 11) is 0. The van der Waals surface area contributed by atoms with Gasteiger partial charge in [0, 0.05) is 22.9 Å². The van der Waals surface area contributed by atoms with Gasteiger partial charge in [-0.2, -0.15) is 0 Å². The van der Waals surface area contributed by atoms with Crippen molar-refractivity contribution in [1.82, 2.24) is 0 Å². The molecule has 0 bridgehead atoms. The van der Waals surface area contributed by atoms with Crippen molar-refractivity contribution < 1.29 is 19.8 Å². The Bertz CT molecular complexity index is 764. The highest BCUT2D eigenvalue weighted by Gasteiger charge is 2.20. The molecule has 0 amide bonds. The highest BCUT2D eigenvalue weighted by molar-refractivity contribution is 6.14. The summed E-state index contributed by atoms with van der Waals surface area (Å²) in [5, 5.41) is 19.1. The molecule has 0 saturated heterocycles. The molecule has 4 N–H and O–H groups in total. The van der Waals surface area contributed by atoms with E-state index in [4.69, 9.17) is 10.8 Å². The second kappa shape index (κ2) is 6.13. The number of phenols is 1. The molecule has 0 radical (unpaired) electrons. The molecule has 2 rings (SSSR count). The van der Waals surface area contributed by atoms with Crippen LogP contribution in [0.2, 0.25) is 0 Å². The van der Waals surface area contributed by atoms with E-state index in [1.165, 1.54) is 19.1 Å². The minimum Gasteiger partial charge on any atom is -0.506 e. The number of hydrogen-bond acceptors (Lipinski definition) is 4. The number of carbonyl (C=O) groups excluding carboxylic acids is 1. The third-order valence-corrected chi connectivity index (χ3v) is 3.24. The molecule has 0 aliphatic carbocycles. The predicted octanol–water partition coefficient (Wildman–Crippen LogP) is 2.69.